The number of hydrogen-bond acceptors (Lipinski definition) is 3. The van der Waals surface area contributed by atoms with Crippen LogP contribution in [0.1, 0.15) is 33.6 Å². The Balaban J connectivity index is 2.70. The molecule has 0 radical (unpaired) electrons. The van der Waals surface area contributed by atoms with Crippen molar-refractivity contribution in [2.45, 2.75) is 33.6 Å². The van der Waals surface area contributed by atoms with Crippen LogP contribution in [0.5, 0.6) is 0 Å². The first kappa shape index (κ1) is 13.5. The maximum Gasteiger partial charge on any atom is 0.228 e. The number of rotatable bonds is 5. The summed E-state index contributed by atoms with van der Waals surface area (Å²) in [6.07, 6.45) is 3.05. The molecule has 1 amide bonds. The van der Waals surface area contributed by atoms with Crippen LogP contribution in [-0.4, -0.2) is 17.4 Å². The van der Waals surface area contributed by atoms with E-state index in [1.807, 2.05) is 6.92 Å². The summed E-state index contributed by atoms with van der Waals surface area (Å²) in [6.45, 7) is 6.81. The predicted molar refractivity (Wildman–Crippen MR) is 70.7 cm³/mol. The number of pyridine rings is 1. The summed E-state index contributed by atoms with van der Waals surface area (Å²) in [5, 5.41) is 0. The molecule has 17 heavy (non-hydrogen) atoms. The lowest BCUT2D eigenvalue weighted by Gasteiger charge is -2.20. The van der Waals surface area contributed by atoms with Crippen molar-refractivity contribution in [1.82, 2.24) is 4.98 Å². The van der Waals surface area contributed by atoms with E-state index in [4.69, 9.17) is 5.73 Å². The number of anilines is 2. The predicted octanol–water partition coefficient (Wildman–Crippen LogP) is 2.45. The largest absolute Gasteiger partial charge is 0.397 e. The molecule has 1 aromatic rings. The second-order valence-electron chi connectivity index (χ2n) is 4.52. The minimum Gasteiger partial charge on any atom is -0.397 e. The number of nitrogen functional groups attached to an aromatic ring is 1. The maximum absolute atomic E-state index is 12.0. The van der Waals surface area contributed by atoms with Crippen LogP contribution in [0.4, 0.5) is 11.5 Å². The highest BCUT2D eigenvalue weighted by Crippen LogP contribution is 2.15. The number of hydrogen-bond donors (Lipinski definition) is 1. The van der Waals surface area contributed by atoms with E-state index in [0.29, 0.717) is 30.4 Å². The van der Waals surface area contributed by atoms with Gasteiger partial charge in [0.2, 0.25) is 5.91 Å². The molecular formula is C13H21N3O. The lowest BCUT2D eigenvalue weighted by molar-refractivity contribution is -0.118. The quantitative estimate of drug-likeness (QED) is 0.852. The van der Waals surface area contributed by atoms with E-state index >= 15 is 0 Å². The van der Waals surface area contributed by atoms with E-state index < -0.39 is 0 Å². The van der Waals surface area contributed by atoms with Crippen molar-refractivity contribution in [3.8, 4) is 0 Å². The third-order valence-electron chi connectivity index (χ3n) is 2.60. The molecule has 0 saturated carbocycles. The van der Waals surface area contributed by atoms with Gasteiger partial charge in [0.15, 0.2) is 0 Å². The van der Waals surface area contributed by atoms with E-state index in [9.17, 15) is 4.79 Å². The van der Waals surface area contributed by atoms with Crippen molar-refractivity contribution in [3.63, 3.8) is 0 Å². The van der Waals surface area contributed by atoms with E-state index in [-0.39, 0.29) is 5.91 Å². The number of amides is 1. The number of carbonyl (C=O) groups excluding carboxylic acids is 1. The van der Waals surface area contributed by atoms with E-state index in [2.05, 4.69) is 18.8 Å². The van der Waals surface area contributed by atoms with Crippen molar-refractivity contribution in [1.29, 1.82) is 0 Å². The van der Waals surface area contributed by atoms with E-state index in [1.54, 1.807) is 23.2 Å². The van der Waals surface area contributed by atoms with E-state index in [1.165, 1.54) is 0 Å². The smallest absolute Gasteiger partial charge is 0.228 e. The maximum atomic E-state index is 12.0. The van der Waals surface area contributed by atoms with Gasteiger partial charge in [-0.1, -0.05) is 13.8 Å². The van der Waals surface area contributed by atoms with Crippen molar-refractivity contribution in [2.24, 2.45) is 5.92 Å². The van der Waals surface area contributed by atoms with Gasteiger partial charge in [-0.3, -0.25) is 9.69 Å². The summed E-state index contributed by atoms with van der Waals surface area (Å²) >= 11 is 0. The minimum absolute atomic E-state index is 0.124. The third-order valence-corrected chi connectivity index (χ3v) is 2.60. The number of nitrogens with two attached hydrogens (primary N) is 1. The molecule has 4 heteroatoms. The molecule has 0 atom stereocenters. The van der Waals surface area contributed by atoms with Gasteiger partial charge in [-0.05, 0) is 31.4 Å². The molecule has 0 bridgehead atoms. The monoisotopic (exact) mass is 235 g/mol. The number of carbonyl (C=O) groups is 1. The van der Waals surface area contributed by atoms with Gasteiger partial charge < -0.3 is 5.73 Å². The molecule has 0 aliphatic heterocycles. The Hall–Kier alpha value is -1.58. The van der Waals surface area contributed by atoms with Gasteiger partial charge in [0.1, 0.15) is 5.82 Å². The Labute approximate surface area is 103 Å². The van der Waals surface area contributed by atoms with Gasteiger partial charge in [0, 0.05) is 13.0 Å². The Morgan fingerprint density at radius 2 is 2.18 bits per heavy atom. The molecule has 0 spiro atoms. The van der Waals surface area contributed by atoms with Crippen molar-refractivity contribution < 1.29 is 4.79 Å². The van der Waals surface area contributed by atoms with Crippen molar-refractivity contribution >= 4 is 17.4 Å². The first-order chi connectivity index (χ1) is 8.04. The zero-order valence-corrected chi connectivity index (χ0v) is 10.8. The molecule has 0 unspecified atom stereocenters. The standard InChI is InChI=1S/C13H21N3O/c1-4-16(13(17)8-5-10(2)3)12-7-6-11(14)9-15-12/h6-7,9-10H,4-5,8,14H2,1-3H3. The second-order valence-corrected chi connectivity index (χ2v) is 4.52. The minimum atomic E-state index is 0.124. The Morgan fingerprint density at radius 3 is 2.65 bits per heavy atom. The number of nitrogens with zero attached hydrogens (tertiary/aromatic N) is 2. The average Bonchev–Trinajstić information content (AvgIpc) is 2.30. The molecule has 0 aliphatic carbocycles. The fraction of sp³-hybridized carbons (Fsp3) is 0.538. The lowest BCUT2D eigenvalue weighted by atomic mass is 10.1. The van der Waals surface area contributed by atoms with Crippen molar-refractivity contribution in [3.05, 3.63) is 18.3 Å². The SMILES string of the molecule is CCN(C(=O)CCC(C)C)c1ccc(N)cn1. The van der Waals surface area contributed by atoms with Crippen LogP contribution in [0, 0.1) is 5.92 Å². The molecule has 0 saturated heterocycles. The Kier molecular flexibility index (Phi) is 4.94. The summed E-state index contributed by atoms with van der Waals surface area (Å²) < 4.78 is 0. The molecule has 0 aromatic carbocycles. The number of aromatic nitrogens is 1. The van der Waals surface area contributed by atoms with Crippen LogP contribution in [0.3, 0.4) is 0 Å². The first-order valence-electron chi connectivity index (χ1n) is 6.06. The van der Waals surface area contributed by atoms with Gasteiger partial charge in [-0.15, -0.1) is 0 Å². The summed E-state index contributed by atoms with van der Waals surface area (Å²) in [6, 6.07) is 3.55. The first-order valence-corrected chi connectivity index (χ1v) is 6.06. The van der Waals surface area contributed by atoms with Crippen LogP contribution in [0.2, 0.25) is 0 Å². The van der Waals surface area contributed by atoms with Crippen molar-refractivity contribution in [2.75, 3.05) is 17.2 Å². The van der Waals surface area contributed by atoms with Gasteiger partial charge in [-0.25, -0.2) is 4.98 Å². The molecule has 0 fully saturated rings. The molecule has 1 rings (SSSR count). The van der Waals surface area contributed by atoms with Gasteiger partial charge >= 0.3 is 0 Å². The average molecular weight is 235 g/mol. The second kappa shape index (κ2) is 6.23. The third kappa shape index (κ3) is 4.06. The zero-order valence-electron chi connectivity index (χ0n) is 10.8. The van der Waals surface area contributed by atoms with Gasteiger partial charge in [0.25, 0.3) is 0 Å². The summed E-state index contributed by atoms with van der Waals surface area (Å²) in [7, 11) is 0. The molecule has 4 nitrogen and oxygen atoms in total. The highest BCUT2D eigenvalue weighted by Gasteiger charge is 2.14. The molecule has 0 aliphatic rings. The molecule has 1 heterocycles. The summed E-state index contributed by atoms with van der Waals surface area (Å²) in [4.78, 5) is 17.9. The zero-order chi connectivity index (χ0) is 12.8. The molecular weight excluding hydrogens is 214 g/mol. The fourth-order valence-corrected chi connectivity index (χ4v) is 1.57. The summed E-state index contributed by atoms with van der Waals surface area (Å²) in [5.41, 5.74) is 6.19. The highest BCUT2D eigenvalue weighted by atomic mass is 16.2. The fourth-order valence-electron chi connectivity index (χ4n) is 1.57. The Morgan fingerprint density at radius 1 is 1.47 bits per heavy atom. The van der Waals surface area contributed by atoms with Gasteiger partial charge in [0.05, 0.1) is 11.9 Å². The topological polar surface area (TPSA) is 59.2 Å². The van der Waals surface area contributed by atoms with Crippen LogP contribution in [0.15, 0.2) is 18.3 Å². The Bertz CT molecular complexity index is 359. The van der Waals surface area contributed by atoms with Crippen LogP contribution >= 0.6 is 0 Å². The van der Waals surface area contributed by atoms with E-state index in [0.717, 1.165) is 6.42 Å². The normalized spacial score (nSPS) is 10.6. The lowest BCUT2D eigenvalue weighted by Crippen LogP contribution is -2.31. The van der Waals surface area contributed by atoms with Crippen LogP contribution in [-0.2, 0) is 4.79 Å². The highest BCUT2D eigenvalue weighted by molar-refractivity contribution is 5.92. The van der Waals surface area contributed by atoms with Crippen LogP contribution in [0.25, 0.3) is 0 Å². The van der Waals surface area contributed by atoms with Crippen LogP contribution < -0.4 is 10.6 Å². The van der Waals surface area contributed by atoms with Gasteiger partial charge in [-0.2, -0.15) is 0 Å². The molecule has 94 valence electrons. The summed E-state index contributed by atoms with van der Waals surface area (Å²) in [5.74, 6) is 1.34. The molecule has 1 aromatic heterocycles. The molecule has 2 N–H and O–H groups in total.